The summed E-state index contributed by atoms with van der Waals surface area (Å²) in [5.74, 6) is 1.16. The summed E-state index contributed by atoms with van der Waals surface area (Å²) in [4.78, 5) is 10.2. The fourth-order valence-electron chi connectivity index (χ4n) is 5.18. The third-order valence-electron chi connectivity index (χ3n) is 6.75. The van der Waals surface area contributed by atoms with Gasteiger partial charge in [0.05, 0.1) is 11.0 Å². The second-order valence-electron chi connectivity index (χ2n) is 8.67. The number of aromatic nitrogens is 2. The first kappa shape index (κ1) is 18.8. The van der Waals surface area contributed by atoms with Gasteiger partial charge in [0.1, 0.15) is 5.82 Å². The Balaban J connectivity index is 1.23. The molecule has 0 radical (unpaired) electrons. The first-order valence-electron chi connectivity index (χ1n) is 11.3. The van der Waals surface area contributed by atoms with Crippen LogP contribution in [0.3, 0.4) is 0 Å². The number of benzene rings is 2. The maximum absolute atomic E-state index is 4.88. The molecule has 0 saturated carbocycles. The molecule has 1 atom stereocenters. The number of likely N-dealkylation sites (tertiary alicyclic amines) is 2. The average molecular weight is 389 g/mol. The number of fused-ring (bicyclic) bond motifs is 1. The molecule has 0 spiro atoms. The quantitative estimate of drug-likeness (QED) is 0.629. The van der Waals surface area contributed by atoms with Crippen LogP contribution in [0.4, 0.5) is 0 Å². The lowest BCUT2D eigenvalue weighted by Gasteiger charge is -2.23. The van der Waals surface area contributed by atoms with Crippen molar-refractivity contribution in [1.29, 1.82) is 0 Å². The average Bonchev–Trinajstić information content (AvgIpc) is 3.49. The highest BCUT2D eigenvalue weighted by molar-refractivity contribution is 5.76. The SMILES string of the molecule is CCn1c(Cc2ccc(CN3CCC(N4CCCC4)C3)cc2)nc2ccccc21. The maximum atomic E-state index is 4.88. The van der Waals surface area contributed by atoms with Crippen molar-refractivity contribution in [3.63, 3.8) is 0 Å². The van der Waals surface area contributed by atoms with E-state index in [9.17, 15) is 0 Å². The zero-order valence-electron chi connectivity index (χ0n) is 17.6. The molecule has 4 nitrogen and oxygen atoms in total. The van der Waals surface area contributed by atoms with E-state index in [0.717, 1.165) is 36.9 Å². The molecule has 1 aromatic heterocycles. The first-order valence-corrected chi connectivity index (χ1v) is 11.3. The van der Waals surface area contributed by atoms with E-state index in [0.29, 0.717) is 0 Å². The predicted octanol–water partition coefficient (Wildman–Crippen LogP) is 4.32. The Morgan fingerprint density at radius 1 is 0.931 bits per heavy atom. The van der Waals surface area contributed by atoms with Crippen molar-refractivity contribution < 1.29 is 0 Å². The Morgan fingerprint density at radius 3 is 2.48 bits per heavy atom. The molecule has 0 bridgehead atoms. The third-order valence-corrected chi connectivity index (χ3v) is 6.75. The lowest BCUT2D eigenvalue weighted by molar-refractivity contribution is 0.230. The van der Waals surface area contributed by atoms with Gasteiger partial charge in [-0.15, -0.1) is 0 Å². The van der Waals surface area contributed by atoms with E-state index in [1.165, 1.54) is 62.1 Å². The number of hydrogen-bond acceptors (Lipinski definition) is 3. The van der Waals surface area contributed by atoms with Crippen LogP contribution in [-0.2, 0) is 19.5 Å². The van der Waals surface area contributed by atoms with Gasteiger partial charge in [-0.2, -0.15) is 0 Å². The zero-order valence-corrected chi connectivity index (χ0v) is 17.6. The predicted molar refractivity (Wildman–Crippen MR) is 119 cm³/mol. The van der Waals surface area contributed by atoms with Gasteiger partial charge in [0, 0.05) is 38.6 Å². The van der Waals surface area contributed by atoms with Gasteiger partial charge in [0.15, 0.2) is 0 Å². The Labute approximate surface area is 174 Å². The highest BCUT2D eigenvalue weighted by Gasteiger charge is 2.28. The van der Waals surface area contributed by atoms with Crippen LogP contribution in [0.1, 0.15) is 43.1 Å². The zero-order chi connectivity index (χ0) is 19.6. The Hall–Kier alpha value is -2.17. The molecule has 2 aromatic carbocycles. The van der Waals surface area contributed by atoms with Crippen molar-refractivity contribution in [2.24, 2.45) is 0 Å². The number of imidazole rings is 1. The molecule has 5 rings (SSSR count). The Bertz CT molecular complexity index is 953. The number of rotatable bonds is 6. The summed E-state index contributed by atoms with van der Waals surface area (Å²) in [6.45, 7) is 9.35. The minimum atomic E-state index is 0.791. The highest BCUT2D eigenvalue weighted by Crippen LogP contribution is 2.23. The van der Waals surface area contributed by atoms with Gasteiger partial charge >= 0.3 is 0 Å². The van der Waals surface area contributed by atoms with Crippen LogP contribution in [0.15, 0.2) is 48.5 Å². The molecule has 2 fully saturated rings. The molecule has 29 heavy (non-hydrogen) atoms. The summed E-state index contributed by atoms with van der Waals surface area (Å²) in [7, 11) is 0. The molecule has 0 aliphatic carbocycles. The molecule has 3 aromatic rings. The summed E-state index contributed by atoms with van der Waals surface area (Å²) < 4.78 is 2.34. The third kappa shape index (κ3) is 3.96. The lowest BCUT2D eigenvalue weighted by Crippen LogP contribution is -2.35. The van der Waals surface area contributed by atoms with Crippen LogP contribution < -0.4 is 0 Å². The lowest BCUT2D eigenvalue weighted by atomic mass is 10.1. The molecule has 0 amide bonds. The van der Waals surface area contributed by atoms with E-state index in [1.54, 1.807) is 0 Å². The van der Waals surface area contributed by atoms with Crippen molar-refractivity contribution in [3.05, 3.63) is 65.5 Å². The molecule has 3 heterocycles. The summed E-state index contributed by atoms with van der Waals surface area (Å²) in [6.07, 6.45) is 5.02. The van der Waals surface area contributed by atoms with E-state index in [2.05, 4.69) is 69.8 Å². The minimum Gasteiger partial charge on any atom is -0.328 e. The molecule has 1 unspecified atom stereocenters. The summed E-state index contributed by atoms with van der Waals surface area (Å²) in [5, 5.41) is 0. The fourth-order valence-corrected chi connectivity index (χ4v) is 5.18. The van der Waals surface area contributed by atoms with Crippen LogP contribution in [-0.4, -0.2) is 51.6 Å². The van der Waals surface area contributed by atoms with Crippen LogP contribution in [0.5, 0.6) is 0 Å². The van der Waals surface area contributed by atoms with Crippen molar-refractivity contribution in [1.82, 2.24) is 19.4 Å². The standard InChI is InChI=1S/C25H32N4/c1-2-29-24-8-4-3-7-23(24)26-25(29)17-20-9-11-21(12-10-20)18-27-16-13-22(19-27)28-14-5-6-15-28/h3-4,7-12,22H,2,5-6,13-19H2,1H3. The monoisotopic (exact) mass is 388 g/mol. The largest absolute Gasteiger partial charge is 0.328 e. The van der Waals surface area contributed by atoms with Gasteiger partial charge < -0.3 is 4.57 Å². The molecule has 2 aliphatic rings. The van der Waals surface area contributed by atoms with Gasteiger partial charge in [-0.25, -0.2) is 4.98 Å². The van der Waals surface area contributed by atoms with Gasteiger partial charge in [0.25, 0.3) is 0 Å². The van der Waals surface area contributed by atoms with E-state index >= 15 is 0 Å². The Morgan fingerprint density at radius 2 is 1.69 bits per heavy atom. The number of hydrogen-bond donors (Lipinski definition) is 0. The minimum absolute atomic E-state index is 0.791. The topological polar surface area (TPSA) is 24.3 Å². The second kappa shape index (κ2) is 8.29. The van der Waals surface area contributed by atoms with E-state index in [-0.39, 0.29) is 0 Å². The fraction of sp³-hybridized carbons (Fsp3) is 0.480. The molecular formula is C25H32N4. The molecule has 4 heteroatoms. The number of nitrogens with zero attached hydrogens (tertiary/aromatic N) is 4. The van der Waals surface area contributed by atoms with Gasteiger partial charge in [-0.3, -0.25) is 9.80 Å². The molecule has 2 saturated heterocycles. The van der Waals surface area contributed by atoms with Gasteiger partial charge in [0.2, 0.25) is 0 Å². The first-order chi connectivity index (χ1) is 14.3. The highest BCUT2D eigenvalue weighted by atomic mass is 15.3. The van der Waals surface area contributed by atoms with E-state index in [1.807, 2.05) is 0 Å². The molecular weight excluding hydrogens is 356 g/mol. The summed E-state index contributed by atoms with van der Waals surface area (Å²) >= 11 is 0. The van der Waals surface area contributed by atoms with Gasteiger partial charge in [-0.05, 0) is 62.5 Å². The van der Waals surface area contributed by atoms with Gasteiger partial charge in [-0.1, -0.05) is 36.4 Å². The van der Waals surface area contributed by atoms with E-state index < -0.39 is 0 Å². The second-order valence-corrected chi connectivity index (χ2v) is 8.67. The number of aryl methyl sites for hydroxylation is 1. The maximum Gasteiger partial charge on any atom is 0.114 e. The Kier molecular flexibility index (Phi) is 5.38. The van der Waals surface area contributed by atoms with Crippen molar-refractivity contribution in [2.75, 3.05) is 26.2 Å². The summed E-state index contributed by atoms with van der Waals surface area (Å²) in [5.41, 5.74) is 5.11. The van der Waals surface area contributed by atoms with Crippen LogP contribution >= 0.6 is 0 Å². The van der Waals surface area contributed by atoms with Crippen LogP contribution in [0.25, 0.3) is 11.0 Å². The van der Waals surface area contributed by atoms with Crippen LogP contribution in [0, 0.1) is 0 Å². The van der Waals surface area contributed by atoms with Crippen molar-refractivity contribution in [2.45, 2.75) is 51.7 Å². The van der Waals surface area contributed by atoms with E-state index in [4.69, 9.17) is 4.98 Å². The molecule has 0 N–H and O–H groups in total. The smallest absolute Gasteiger partial charge is 0.114 e. The van der Waals surface area contributed by atoms with Crippen molar-refractivity contribution in [3.8, 4) is 0 Å². The summed E-state index contributed by atoms with van der Waals surface area (Å²) in [6, 6.07) is 18.5. The molecule has 2 aliphatic heterocycles. The van der Waals surface area contributed by atoms with Crippen molar-refractivity contribution >= 4 is 11.0 Å². The molecule has 152 valence electrons. The number of para-hydroxylation sites is 2. The van der Waals surface area contributed by atoms with Crippen LogP contribution in [0.2, 0.25) is 0 Å². The normalized spacial score (nSPS) is 20.8.